The highest BCUT2D eigenvalue weighted by atomic mass is 19.3. The average Bonchev–Trinajstić information content (AvgIpc) is 2.30. The Kier molecular flexibility index (Phi) is 2.03. The molecule has 0 radical (unpaired) electrons. The second-order valence-corrected chi connectivity index (χ2v) is 2.11. The number of nitro groups is 1. The minimum Gasteiger partial charge on any atom is -0.258 e. The molecule has 0 saturated heterocycles. The van der Waals surface area contributed by atoms with Gasteiger partial charge in [-0.1, -0.05) is 0 Å². The minimum atomic E-state index is -2.84. The quantitative estimate of drug-likeness (QED) is 0.507. The summed E-state index contributed by atoms with van der Waals surface area (Å²) in [6, 6.07) is 0. The Morgan fingerprint density at radius 1 is 1.75 bits per heavy atom. The van der Waals surface area contributed by atoms with Crippen molar-refractivity contribution >= 4 is 5.69 Å². The molecule has 0 spiro atoms. The van der Waals surface area contributed by atoms with Crippen LogP contribution in [0, 0.1) is 17.0 Å². The maximum absolute atomic E-state index is 11.9. The van der Waals surface area contributed by atoms with Gasteiger partial charge in [-0.3, -0.25) is 10.1 Å². The van der Waals surface area contributed by atoms with Crippen molar-refractivity contribution < 1.29 is 13.7 Å². The van der Waals surface area contributed by atoms with Gasteiger partial charge in [-0.05, 0) is 6.92 Å². The zero-order valence-electron chi connectivity index (χ0n) is 6.07. The lowest BCUT2D eigenvalue weighted by Crippen LogP contribution is -1.97. The van der Waals surface area contributed by atoms with Crippen LogP contribution >= 0.6 is 0 Å². The molecule has 0 aliphatic carbocycles. The maximum Gasteiger partial charge on any atom is 0.333 e. The van der Waals surface area contributed by atoms with Crippen LogP contribution in [0.15, 0.2) is 6.20 Å². The van der Waals surface area contributed by atoms with E-state index in [0.717, 1.165) is 0 Å². The largest absolute Gasteiger partial charge is 0.333 e. The Balaban J connectivity index is 3.09. The first-order valence-electron chi connectivity index (χ1n) is 3.00. The summed E-state index contributed by atoms with van der Waals surface area (Å²) in [7, 11) is 0. The Morgan fingerprint density at radius 3 is 2.58 bits per heavy atom. The molecular formula is C5H5F2N3O2. The lowest BCUT2D eigenvalue weighted by atomic mass is 10.4. The Morgan fingerprint density at radius 2 is 2.33 bits per heavy atom. The van der Waals surface area contributed by atoms with Crippen molar-refractivity contribution in [1.29, 1.82) is 0 Å². The van der Waals surface area contributed by atoms with Gasteiger partial charge >= 0.3 is 12.2 Å². The number of hydrogen-bond acceptors (Lipinski definition) is 3. The molecule has 1 rings (SSSR count). The summed E-state index contributed by atoms with van der Waals surface area (Å²) >= 11 is 0. The highest BCUT2D eigenvalue weighted by molar-refractivity contribution is 5.30. The van der Waals surface area contributed by atoms with Gasteiger partial charge in [-0.2, -0.15) is 13.9 Å². The van der Waals surface area contributed by atoms with Gasteiger partial charge in [0.25, 0.3) is 0 Å². The smallest absolute Gasteiger partial charge is 0.258 e. The van der Waals surface area contributed by atoms with E-state index in [1.807, 2.05) is 0 Å². The van der Waals surface area contributed by atoms with Gasteiger partial charge in [-0.15, -0.1) is 0 Å². The van der Waals surface area contributed by atoms with Crippen molar-refractivity contribution in [2.24, 2.45) is 0 Å². The van der Waals surface area contributed by atoms with E-state index in [2.05, 4.69) is 5.10 Å². The Labute approximate surface area is 65.8 Å². The summed E-state index contributed by atoms with van der Waals surface area (Å²) in [4.78, 5) is 9.42. The van der Waals surface area contributed by atoms with Gasteiger partial charge in [0.05, 0.1) is 4.92 Å². The number of nitrogens with zero attached hydrogens (tertiary/aromatic N) is 3. The summed E-state index contributed by atoms with van der Waals surface area (Å²) < 4.78 is 24.1. The van der Waals surface area contributed by atoms with E-state index in [1.165, 1.54) is 6.92 Å². The van der Waals surface area contributed by atoms with E-state index in [1.54, 1.807) is 0 Å². The summed E-state index contributed by atoms with van der Waals surface area (Å²) in [5.41, 5.74) is -0.407. The van der Waals surface area contributed by atoms with Crippen LogP contribution in [-0.4, -0.2) is 14.7 Å². The molecule has 0 aromatic carbocycles. The van der Waals surface area contributed by atoms with E-state index in [-0.39, 0.29) is 10.4 Å². The second-order valence-electron chi connectivity index (χ2n) is 2.11. The summed E-state index contributed by atoms with van der Waals surface area (Å²) in [5, 5.41) is 13.4. The molecule has 5 nitrogen and oxygen atoms in total. The Bertz CT molecular complexity index is 310. The molecule has 0 aliphatic rings. The minimum absolute atomic E-state index is 0.0136. The third kappa shape index (κ3) is 1.39. The number of aryl methyl sites for hydroxylation is 1. The van der Waals surface area contributed by atoms with Gasteiger partial charge in [0.1, 0.15) is 11.9 Å². The first-order chi connectivity index (χ1) is 5.52. The summed E-state index contributed by atoms with van der Waals surface area (Å²) in [5.74, 6) is 0. The molecule has 0 aliphatic heterocycles. The molecule has 1 aromatic heterocycles. The van der Waals surface area contributed by atoms with Crippen LogP contribution in [0.3, 0.4) is 0 Å². The van der Waals surface area contributed by atoms with Crippen LogP contribution in [0.1, 0.15) is 12.2 Å². The molecule has 1 aromatic rings. The van der Waals surface area contributed by atoms with Gasteiger partial charge in [0.2, 0.25) is 0 Å². The van der Waals surface area contributed by atoms with Crippen LogP contribution in [0.4, 0.5) is 14.5 Å². The van der Waals surface area contributed by atoms with Gasteiger partial charge < -0.3 is 0 Å². The number of alkyl halides is 2. The highest BCUT2D eigenvalue weighted by Crippen LogP contribution is 2.19. The van der Waals surface area contributed by atoms with E-state index < -0.39 is 17.2 Å². The van der Waals surface area contributed by atoms with Crippen LogP contribution in [0.5, 0.6) is 0 Å². The predicted molar refractivity (Wildman–Crippen MR) is 34.9 cm³/mol. The normalized spacial score (nSPS) is 10.7. The topological polar surface area (TPSA) is 61.0 Å². The third-order valence-electron chi connectivity index (χ3n) is 1.29. The van der Waals surface area contributed by atoms with Crippen LogP contribution in [-0.2, 0) is 0 Å². The Hall–Kier alpha value is -1.53. The van der Waals surface area contributed by atoms with Crippen LogP contribution in [0.25, 0.3) is 0 Å². The predicted octanol–water partition coefficient (Wildman–Crippen LogP) is 1.49. The number of aromatic nitrogens is 2. The first-order valence-corrected chi connectivity index (χ1v) is 3.00. The van der Waals surface area contributed by atoms with E-state index in [4.69, 9.17) is 0 Å². The molecule has 0 N–H and O–H groups in total. The average molecular weight is 177 g/mol. The second kappa shape index (κ2) is 2.84. The standard InChI is InChI=1S/C5H5F2N3O2/c1-3-4(10(11)12)2-9(8-3)5(6)7/h2,5H,1H3. The molecular weight excluding hydrogens is 172 g/mol. The lowest BCUT2D eigenvalue weighted by Gasteiger charge is -1.93. The summed E-state index contributed by atoms with van der Waals surface area (Å²) in [6.07, 6.45) is 0.708. The fourth-order valence-electron chi connectivity index (χ4n) is 0.751. The van der Waals surface area contributed by atoms with Crippen molar-refractivity contribution in [3.8, 4) is 0 Å². The fraction of sp³-hybridized carbons (Fsp3) is 0.400. The maximum atomic E-state index is 11.9. The van der Waals surface area contributed by atoms with E-state index in [0.29, 0.717) is 6.20 Å². The first kappa shape index (κ1) is 8.57. The van der Waals surface area contributed by atoms with Crippen LogP contribution in [0.2, 0.25) is 0 Å². The molecule has 0 bridgehead atoms. The van der Waals surface area contributed by atoms with Crippen molar-refractivity contribution in [3.05, 3.63) is 22.0 Å². The molecule has 1 heterocycles. The molecule has 0 saturated carbocycles. The molecule has 66 valence electrons. The van der Waals surface area contributed by atoms with E-state index >= 15 is 0 Å². The number of halogens is 2. The molecule has 7 heteroatoms. The zero-order chi connectivity index (χ0) is 9.30. The van der Waals surface area contributed by atoms with Gasteiger partial charge in [-0.25, -0.2) is 4.68 Å². The van der Waals surface area contributed by atoms with Gasteiger partial charge in [0, 0.05) is 0 Å². The lowest BCUT2D eigenvalue weighted by molar-refractivity contribution is -0.385. The molecule has 0 fully saturated rings. The van der Waals surface area contributed by atoms with Crippen molar-refractivity contribution in [3.63, 3.8) is 0 Å². The molecule has 0 unspecified atom stereocenters. The zero-order valence-corrected chi connectivity index (χ0v) is 6.07. The van der Waals surface area contributed by atoms with Crippen molar-refractivity contribution in [1.82, 2.24) is 9.78 Å². The SMILES string of the molecule is Cc1nn(C(F)F)cc1[N+](=O)[O-]. The fourth-order valence-corrected chi connectivity index (χ4v) is 0.751. The van der Waals surface area contributed by atoms with Crippen molar-refractivity contribution in [2.75, 3.05) is 0 Å². The molecule has 12 heavy (non-hydrogen) atoms. The van der Waals surface area contributed by atoms with Crippen molar-refractivity contribution in [2.45, 2.75) is 13.5 Å². The van der Waals surface area contributed by atoms with E-state index in [9.17, 15) is 18.9 Å². The molecule has 0 atom stereocenters. The number of rotatable bonds is 2. The third-order valence-corrected chi connectivity index (χ3v) is 1.29. The highest BCUT2D eigenvalue weighted by Gasteiger charge is 2.18. The number of hydrogen-bond donors (Lipinski definition) is 0. The monoisotopic (exact) mass is 177 g/mol. The van der Waals surface area contributed by atoms with Crippen LogP contribution < -0.4 is 0 Å². The molecule has 0 amide bonds. The summed E-state index contributed by atoms with van der Waals surface area (Å²) in [6.45, 7) is -1.53. The van der Waals surface area contributed by atoms with Gasteiger partial charge in [0.15, 0.2) is 0 Å².